The summed E-state index contributed by atoms with van der Waals surface area (Å²) in [7, 11) is -3.72. The molecule has 0 heterocycles. The summed E-state index contributed by atoms with van der Waals surface area (Å²) in [6.45, 7) is 3.89. The van der Waals surface area contributed by atoms with E-state index in [1.165, 1.54) is 4.90 Å². The van der Waals surface area contributed by atoms with E-state index in [9.17, 15) is 18.0 Å². The summed E-state index contributed by atoms with van der Waals surface area (Å²) in [4.78, 5) is 27.3. The molecule has 0 aliphatic carbocycles. The summed E-state index contributed by atoms with van der Waals surface area (Å²) in [6, 6.07) is 15.2. The van der Waals surface area contributed by atoms with Gasteiger partial charge in [0.25, 0.3) is 0 Å². The number of sulfonamides is 1. The maximum absolute atomic E-state index is 13.3. The fraction of sp³-hybridized carbons (Fsp3) is 0.364. The normalized spacial score (nSPS) is 12.1. The zero-order valence-electron chi connectivity index (χ0n) is 17.9. The van der Waals surface area contributed by atoms with Gasteiger partial charge in [0.1, 0.15) is 12.6 Å². The van der Waals surface area contributed by atoms with Crippen molar-refractivity contribution < 1.29 is 18.0 Å². The van der Waals surface area contributed by atoms with Crippen LogP contribution in [-0.2, 0) is 26.2 Å². The largest absolute Gasteiger partial charge is 0.354 e. The highest BCUT2D eigenvalue weighted by Crippen LogP contribution is 2.21. The maximum atomic E-state index is 13.3. The van der Waals surface area contributed by atoms with Gasteiger partial charge in [-0.2, -0.15) is 0 Å². The van der Waals surface area contributed by atoms with Crippen molar-refractivity contribution in [3.63, 3.8) is 0 Å². The van der Waals surface area contributed by atoms with Crippen LogP contribution >= 0.6 is 15.9 Å². The Morgan fingerprint density at radius 1 is 1.06 bits per heavy atom. The molecule has 9 heteroatoms. The Bertz CT molecular complexity index is 982. The average molecular weight is 510 g/mol. The lowest BCUT2D eigenvalue weighted by Crippen LogP contribution is -2.51. The van der Waals surface area contributed by atoms with Crippen LogP contribution in [0, 0.1) is 0 Å². The number of carbonyl (C=O) groups is 2. The van der Waals surface area contributed by atoms with Gasteiger partial charge >= 0.3 is 0 Å². The van der Waals surface area contributed by atoms with Crippen molar-refractivity contribution in [1.82, 2.24) is 10.2 Å². The smallest absolute Gasteiger partial charge is 0.244 e. The van der Waals surface area contributed by atoms with E-state index in [1.807, 2.05) is 37.3 Å². The molecule has 0 saturated heterocycles. The minimum Gasteiger partial charge on any atom is -0.354 e. The SMILES string of the molecule is CCCNC(=O)[C@H](C)N(Cc1ccccc1)C(=O)CN(c1ccc(Br)cc1)S(C)(=O)=O. The van der Waals surface area contributed by atoms with Crippen LogP contribution in [0.1, 0.15) is 25.8 Å². The maximum Gasteiger partial charge on any atom is 0.244 e. The molecule has 168 valence electrons. The Morgan fingerprint density at radius 3 is 2.23 bits per heavy atom. The highest BCUT2D eigenvalue weighted by atomic mass is 79.9. The first-order chi connectivity index (χ1) is 14.6. The number of hydrogen-bond acceptors (Lipinski definition) is 4. The highest BCUT2D eigenvalue weighted by molar-refractivity contribution is 9.10. The summed E-state index contributed by atoms with van der Waals surface area (Å²) in [5.74, 6) is -0.739. The third-order valence-electron chi connectivity index (χ3n) is 4.71. The summed E-state index contributed by atoms with van der Waals surface area (Å²) >= 11 is 3.32. The number of nitrogens with zero attached hydrogens (tertiary/aromatic N) is 2. The Hall–Kier alpha value is -2.39. The van der Waals surface area contributed by atoms with Crippen molar-refractivity contribution in [3.8, 4) is 0 Å². The Labute approximate surface area is 192 Å². The summed E-state index contributed by atoms with van der Waals surface area (Å²) in [5.41, 5.74) is 1.22. The van der Waals surface area contributed by atoms with Gasteiger partial charge in [0, 0.05) is 17.6 Å². The van der Waals surface area contributed by atoms with Crippen LogP contribution in [0.15, 0.2) is 59.1 Å². The third kappa shape index (κ3) is 7.36. The van der Waals surface area contributed by atoms with Crippen LogP contribution in [-0.4, -0.2) is 50.5 Å². The second-order valence-corrected chi connectivity index (χ2v) is 10.0. The van der Waals surface area contributed by atoms with E-state index in [4.69, 9.17) is 0 Å². The average Bonchev–Trinajstić information content (AvgIpc) is 2.74. The van der Waals surface area contributed by atoms with Crippen LogP contribution < -0.4 is 9.62 Å². The molecule has 2 rings (SSSR count). The zero-order chi connectivity index (χ0) is 23.0. The topological polar surface area (TPSA) is 86.8 Å². The van der Waals surface area contributed by atoms with Gasteiger partial charge in [-0.15, -0.1) is 0 Å². The van der Waals surface area contributed by atoms with Crippen molar-refractivity contribution in [2.75, 3.05) is 23.7 Å². The van der Waals surface area contributed by atoms with Crippen LogP contribution in [0.25, 0.3) is 0 Å². The number of carbonyl (C=O) groups excluding carboxylic acids is 2. The summed E-state index contributed by atoms with van der Waals surface area (Å²) < 4.78 is 26.7. The molecule has 0 spiro atoms. The number of nitrogens with one attached hydrogen (secondary N) is 1. The Kier molecular flexibility index (Phi) is 9.06. The van der Waals surface area contributed by atoms with Crippen LogP contribution in [0.2, 0.25) is 0 Å². The van der Waals surface area contributed by atoms with Crippen molar-refractivity contribution in [3.05, 3.63) is 64.6 Å². The quantitative estimate of drug-likeness (QED) is 0.532. The molecule has 0 bridgehead atoms. The van der Waals surface area contributed by atoms with Gasteiger partial charge in [-0.05, 0) is 43.2 Å². The van der Waals surface area contributed by atoms with E-state index in [-0.39, 0.29) is 12.5 Å². The highest BCUT2D eigenvalue weighted by Gasteiger charge is 2.29. The van der Waals surface area contributed by atoms with Crippen LogP contribution in [0.4, 0.5) is 5.69 Å². The van der Waals surface area contributed by atoms with Gasteiger partial charge in [-0.3, -0.25) is 13.9 Å². The predicted octanol–water partition coefficient (Wildman–Crippen LogP) is 3.16. The van der Waals surface area contributed by atoms with Gasteiger partial charge < -0.3 is 10.2 Å². The molecule has 2 aromatic carbocycles. The van der Waals surface area contributed by atoms with E-state index >= 15 is 0 Å². The molecule has 0 aromatic heterocycles. The molecule has 0 fully saturated rings. The number of rotatable bonds is 10. The van der Waals surface area contributed by atoms with E-state index in [2.05, 4.69) is 21.2 Å². The Morgan fingerprint density at radius 2 is 1.68 bits per heavy atom. The third-order valence-corrected chi connectivity index (χ3v) is 6.38. The minimum absolute atomic E-state index is 0.193. The molecule has 0 aliphatic heterocycles. The minimum atomic E-state index is -3.72. The van der Waals surface area contributed by atoms with E-state index in [1.54, 1.807) is 31.2 Å². The molecule has 31 heavy (non-hydrogen) atoms. The molecule has 2 aromatic rings. The number of anilines is 1. The molecular formula is C22H28BrN3O4S. The van der Waals surface area contributed by atoms with Crippen molar-refractivity contribution in [1.29, 1.82) is 0 Å². The van der Waals surface area contributed by atoms with E-state index in [0.717, 1.165) is 27.0 Å². The second-order valence-electron chi connectivity index (χ2n) is 7.22. The number of halogens is 1. The molecule has 0 unspecified atom stereocenters. The molecule has 7 nitrogen and oxygen atoms in total. The second kappa shape index (κ2) is 11.3. The lowest BCUT2D eigenvalue weighted by molar-refractivity contribution is -0.139. The van der Waals surface area contributed by atoms with E-state index in [0.29, 0.717) is 12.2 Å². The predicted molar refractivity (Wildman–Crippen MR) is 126 cm³/mol. The molecule has 0 aliphatic rings. The van der Waals surface area contributed by atoms with Gasteiger partial charge in [0.15, 0.2) is 0 Å². The fourth-order valence-electron chi connectivity index (χ4n) is 2.98. The number of benzene rings is 2. The number of amides is 2. The van der Waals surface area contributed by atoms with Crippen molar-refractivity contribution in [2.45, 2.75) is 32.9 Å². The zero-order valence-corrected chi connectivity index (χ0v) is 20.3. The first-order valence-electron chi connectivity index (χ1n) is 9.98. The first-order valence-corrected chi connectivity index (χ1v) is 12.6. The monoisotopic (exact) mass is 509 g/mol. The summed E-state index contributed by atoms with van der Waals surface area (Å²) in [6.07, 6.45) is 1.83. The van der Waals surface area contributed by atoms with Gasteiger partial charge in [0.2, 0.25) is 21.8 Å². The van der Waals surface area contributed by atoms with Gasteiger partial charge in [-0.1, -0.05) is 53.2 Å². The van der Waals surface area contributed by atoms with Crippen molar-refractivity contribution in [2.24, 2.45) is 0 Å². The van der Waals surface area contributed by atoms with Crippen molar-refractivity contribution >= 4 is 43.5 Å². The lowest BCUT2D eigenvalue weighted by Gasteiger charge is -2.31. The van der Waals surface area contributed by atoms with E-state index < -0.39 is 28.5 Å². The van der Waals surface area contributed by atoms with Crippen LogP contribution in [0.3, 0.4) is 0 Å². The van der Waals surface area contributed by atoms with Crippen LogP contribution in [0.5, 0.6) is 0 Å². The van der Waals surface area contributed by atoms with Gasteiger partial charge in [0.05, 0.1) is 11.9 Å². The molecule has 1 atom stereocenters. The molecule has 0 saturated carbocycles. The first kappa shape index (κ1) is 24.9. The molecule has 2 amide bonds. The molecular weight excluding hydrogens is 482 g/mol. The fourth-order valence-corrected chi connectivity index (χ4v) is 4.09. The molecule has 0 radical (unpaired) electrons. The standard InChI is InChI=1S/C22H28BrN3O4S/c1-4-14-24-22(28)17(2)25(15-18-8-6-5-7-9-18)21(27)16-26(31(3,29)30)20-12-10-19(23)11-13-20/h5-13,17H,4,14-16H2,1-3H3,(H,24,28)/t17-/m0/s1. The lowest BCUT2D eigenvalue weighted by atomic mass is 10.1. The van der Waals surface area contributed by atoms with Gasteiger partial charge in [-0.25, -0.2) is 8.42 Å². The molecule has 1 N–H and O–H groups in total. The Balaban J connectivity index is 2.32. The summed E-state index contributed by atoms with van der Waals surface area (Å²) in [5, 5.41) is 2.80. The number of hydrogen-bond donors (Lipinski definition) is 1.